The Morgan fingerprint density at radius 2 is 1.86 bits per heavy atom. The number of carbonyl (C=O) groups is 2. The third-order valence-corrected chi connectivity index (χ3v) is 6.50. The number of aromatic nitrogens is 1. The van der Waals surface area contributed by atoms with Crippen LogP contribution in [-0.4, -0.2) is 21.5 Å². The number of carboxylic acids is 1. The van der Waals surface area contributed by atoms with Gasteiger partial charge in [0.25, 0.3) is 0 Å². The van der Waals surface area contributed by atoms with E-state index in [4.69, 9.17) is 21.4 Å². The summed E-state index contributed by atoms with van der Waals surface area (Å²) in [7, 11) is 0. The van der Waals surface area contributed by atoms with E-state index in [0.717, 1.165) is 27.5 Å². The zero-order valence-corrected chi connectivity index (χ0v) is 20.5. The lowest BCUT2D eigenvalue weighted by atomic mass is 10.0. The Morgan fingerprint density at radius 3 is 2.63 bits per heavy atom. The molecule has 0 aliphatic carbocycles. The summed E-state index contributed by atoms with van der Waals surface area (Å²) in [5, 5.41) is 14.2. The SMILES string of the molecule is Cc1nsc(C#Cc2ccc3cc(CC(=O)O)ccc3c2)c1NC(=O)O[C@H](C)c1ccccc1Cl. The fourth-order valence-electron chi connectivity index (χ4n) is 3.55. The third-order valence-electron chi connectivity index (χ3n) is 5.30. The van der Waals surface area contributed by atoms with Crippen molar-refractivity contribution in [3.63, 3.8) is 0 Å². The van der Waals surface area contributed by atoms with E-state index in [1.54, 1.807) is 26.0 Å². The predicted molar refractivity (Wildman–Crippen MR) is 138 cm³/mol. The summed E-state index contributed by atoms with van der Waals surface area (Å²) in [6, 6.07) is 18.5. The van der Waals surface area contributed by atoms with E-state index in [9.17, 15) is 9.59 Å². The van der Waals surface area contributed by atoms with Gasteiger partial charge in [0, 0.05) is 16.1 Å². The van der Waals surface area contributed by atoms with Crippen molar-refractivity contribution in [2.45, 2.75) is 26.4 Å². The van der Waals surface area contributed by atoms with E-state index in [0.29, 0.717) is 21.3 Å². The van der Waals surface area contributed by atoms with Crippen LogP contribution in [-0.2, 0) is 16.0 Å². The predicted octanol–water partition coefficient (Wildman–Crippen LogP) is 6.59. The minimum Gasteiger partial charge on any atom is -0.481 e. The van der Waals surface area contributed by atoms with Crippen LogP contribution in [0.1, 0.15) is 40.3 Å². The summed E-state index contributed by atoms with van der Waals surface area (Å²) < 4.78 is 9.82. The van der Waals surface area contributed by atoms with Crippen molar-refractivity contribution < 1.29 is 19.4 Å². The van der Waals surface area contributed by atoms with Crippen molar-refractivity contribution in [1.29, 1.82) is 0 Å². The van der Waals surface area contributed by atoms with Gasteiger partial charge in [-0.05, 0) is 65.8 Å². The number of halogens is 1. The number of ether oxygens (including phenoxy) is 1. The van der Waals surface area contributed by atoms with Gasteiger partial charge < -0.3 is 9.84 Å². The molecule has 0 spiro atoms. The molecule has 6 nitrogen and oxygen atoms in total. The third kappa shape index (κ3) is 5.99. The first-order chi connectivity index (χ1) is 16.8. The van der Waals surface area contributed by atoms with Crippen LogP contribution in [0.15, 0.2) is 60.7 Å². The molecule has 0 aliphatic rings. The maximum absolute atomic E-state index is 12.5. The molecule has 1 atom stereocenters. The van der Waals surface area contributed by atoms with Crippen molar-refractivity contribution in [2.24, 2.45) is 0 Å². The van der Waals surface area contributed by atoms with Crippen LogP contribution in [0.3, 0.4) is 0 Å². The highest BCUT2D eigenvalue weighted by atomic mass is 35.5. The number of hydrogen-bond acceptors (Lipinski definition) is 5. The minimum atomic E-state index is -0.863. The highest BCUT2D eigenvalue weighted by Crippen LogP contribution is 2.27. The molecule has 4 aromatic rings. The Morgan fingerprint density at radius 1 is 1.11 bits per heavy atom. The second-order valence-corrected chi connectivity index (χ2v) is 9.06. The molecule has 1 aromatic heterocycles. The molecular weight excluding hydrogens is 484 g/mol. The minimum absolute atomic E-state index is 0.0163. The van der Waals surface area contributed by atoms with Crippen LogP contribution in [0.2, 0.25) is 5.02 Å². The van der Waals surface area contributed by atoms with Gasteiger partial charge in [-0.3, -0.25) is 10.1 Å². The zero-order valence-electron chi connectivity index (χ0n) is 19.0. The van der Waals surface area contributed by atoms with E-state index in [1.165, 1.54) is 11.5 Å². The van der Waals surface area contributed by atoms with Gasteiger partial charge in [0.05, 0.1) is 17.8 Å². The molecule has 176 valence electrons. The first-order valence-corrected chi connectivity index (χ1v) is 11.9. The lowest BCUT2D eigenvalue weighted by Gasteiger charge is -2.15. The average molecular weight is 505 g/mol. The number of amides is 1. The molecule has 0 aliphatic heterocycles. The lowest BCUT2D eigenvalue weighted by Crippen LogP contribution is -2.17. The van der Waals surface area contributed by atoms with E-state index < -0.39 is 18.2 Å². The molecule has 1 heterocycles. The van der Waals surface area contributed by atoms with Crippen LogP contribution in [0, 0.1) is 18.8 Å². The summed E-state index contributed by atoms with van der Waals surface area (Å²) >= 11 is 7.39. The fraction of sp³-hybridized carbons (Fsp3) is 0.148. The molecular formula is C27H21ClN2O4S. The van der Waals surface area contributed by atoms with Crippen LogP contribution in [0.5, 0.6) is 0 Å². The molecule has 0 bridgehead atoms. The van der Waals surface area contributed by atoms with E-state index in [1.807, 2.05) is 48.5 Å². The highest BCUT2D eigenvalue weighted by Gasteiger charge is 2.17. The summed E-state index contributed by atoms with van der Waals surface area (Å²) in [5.74, 6) is 5.34. The van der Waals surface area contributed by atoms with Gasteiger partial charge in [0.1, 0.15) is 11.0 Å². The normalized spacial score (nSPS) is 11.4. The van der Waals surface area contributed by atoms with Crippen molar-refractivity contribution >= 4 is 51.7 Å². The maximum atomic E-state index is 12.5. The van der Waals surface area contributed by atoms with Crippen LogP contribution in [0.4, 0.5) is 10.5 Å². The number of anilines is 1. The molecule has 0 fully saturated rings. The maximum Gasteiger partial charge on any atom is 0.412 e. The molecule has 8 heteroatoms. The van der Waals surface area contributed by atoms with Gasteiger partial charge in [0.15, 0.2) is 0 Å². The molecule has 2 N–H and O–H groups in total. The van der Waals surface area contributed by atoms with Gasteiger partial charge in [0.2, 0.25) is 0 Å². The average Bonchev–Trinajstić information content (AvgIpc) is 3.16. The molecule has 3 aromatic carbocycles. The van der Waals surface area contributed by atoms with Crippen LogP contribution in [0.25, 0.3) is 10.8 Å². The smallest absolute Gasteiger partial charge is 0.412 e. The zero-order chi connectivity index (χ0) is 24.9. The molecule has 35 heavy (non-hydrogen) atoms. The molecule has 0 radical (unpaired) electrons. The van der Waals surface area contributed by atoms with Crippen molar-refractivity contribution in [2.75, 3.05) is 5.32 Å². The molecule has 0 saturated heterocycles. The Balaban J connectivity index is 1.50. The lowest BCUT2D eigenvalue weighted by molar-refractivity contribution is -0.136. The number of carboxylic acid groups (broad SMARTS) is 1. The second-order valence-electron chi connectivity index (χ2n) is 7.88. The standard InChI is InChI=1S/C27H21ClN2O4S/c1-16-26(29-27(33)34-17(2)22-5-3-4-6-23(22)28)24(35-30-16)12-9-18-7-10-21-14-19(15-25(31)32)8-11-20(21)13-18/h3-8,10-11,13-14,17H,15H2,1-2H3,(H,29,33)(H,31,32)/t17-/m1/s1. The monoisotopic (exact) mass is 504 g/mol. The highest BCUT2D eigenvalue weighted by molar-refractivity contribution is 7.07. The topological polar surface area (TPSA) is 88.5 Å². The Kier molecular flexibility index (Phi) is 7.35. The number of hydrogen-bond donors (Lipinski definition) is 2. The van der Waals surface area contributed by atoms with E-state index >= 15 is 0 Å². The summed E-state index contributed by atoms with van der Waals surface area (Å²) in [6.45, 7) is 3.55. The first kappa shape index (κ1) is 24.3. The summed E-state index contributed by atoms with van der Waals surface area (Å²) in [6.07, 6.45) is -1.16. The number of carbonyl (C=O) groups excluding carboxylic acids is 1. The number of aryl methyl sites for hydroxylation is 1. The van der Waals surface area contributed by atoms with Crippen molar-refractivity contribution in [3.05, 3.63) is 92.9 Å². The van der Waals surface area contributed by atoms with E-state index in [-0.39, 0.29) is 6.42 Å². The fourth-order valence-corrected chi connectivity index (χ4v) is 4.54. The molecule has 4 rings (SSSR count). The second kappa shape index (κ2) is 10.6. The van der Waals surface area contributed by atoms with Crippen molar-refractivity contribution in [1.82, 2.24) is 4.37 Å². The number of rotatable bonds is 5. The quantitative estimate of drug-likeness (QED) is 0.299. The number of fused-ring (bicyclic) bond motifs is 1. The summed E-state index contributed by atoms with van der Waals surface area (Å²) in [5.41, 5.74) is 3.41. The first-order valence-electron chi connectivity index (χ1n) is 10.7. The van der Waals surface area contributed by atoms with E-state index in [2.05, 4.69) is 21.5 Å². The van der Waals surface area contributed by atoms with Gasteiger partial charge in [-0.1, -0.05) is 60.0 Å². The largest absolute Gasteiger partial charge is 0.481 e. The molecule has 1 amide bonds. The van der Waals surface area contributed by atoms with Gasteiger partial charge in [-0.15, -0.1) is 0 Å². The molecule has 0 saturated carbocycles. The van der Waals surface area contributed by atoms with Gasteiger partial charge in [-0.25, -0.2) is 4.79 Å². The molecule has 0 unspecified atom stereocenters. The van der Waals surface area contributed by atoms with Gasteiger partial charge in [-0.2, -0.15) is 4.37 Å². The van der Waals surface area contributed by atoms with Gasteiger partial charge >= 0.3 is 12.1 Å². The Hall–Kier alpha value is -3.86. The number of nitrogens with zero attached hydrogens (tertiary/aromatic N) is 1. The number of aliphatic carboxylic acids is 1. The number of benzene rings is 3. The Bertz CT molecular complexity index is 1490. The number of nitrogens with one attached hydrogen (secondary N) is 1. The van der Waals surface area contributed by atoms with Crippen LogP contribution >= 0.6 is 23.1 Å². The van der Waals surface area contributed by atoms with Crippen LogP contribution < -0.4 is 5.32 Å². The summed E-state index contributed by atoms with van der Waals surface area (Å²) in [4.78, 5) is 24.1. The van der Waals surface area contributed by atoms with Crippen molar-refractivity contribution in [3.8, 4) is 11.8 Å². The Labute approximate surface area is 211 Å².